The van der Waals surface area contributed by atoms with Crippen LogP contribution < -0.4 is 4.74 Å². The van der Waals surface area contributed by atoms with E-state index in [1.165, 1.54) is 30.3 Å². The Morgan fingerprint density at radius 1 is 1.42 bits per heavy atom. The average molecular weight is 163 g/mol. The molecule has 0 heterocycles. The van der Waals surface area contributed by atoms with Crippen molar-refractivity contribution in [1.29, 1.82) is 5.26 Å². The summed E-state index contributed by atoms with van der Waals surface area (Å²) in [6.45, 7) is 0. The minimum absolute atomic E-state index is 0.0757. The number of aromatic hydroxyl groups is 1. The Labute approximate surface area is 68.6 Å². The van der Waals surface area contributed by atoms with Gasteiger partial charge in [0, 0.05) is 0 Å². The molecule has 1 aromatic carbocycles. The molecule has 0 aliphatic heterocycles. The van der Waals surface area contributed by atoms with Gasteiger partial charge in [0.2, 0.25) is 0 Å². The molecule has 0 amide bonds. The SMILES string of the molecule is N#CC(=O)Oc1ccc(O)cc1. The number of nitriles is 1. The smallest absolute Gasteiger partial charge is 0.416 e. The number of rotatable bonds is 1. The Bertz CT molecular complexity index is 323. The molecule has 0 radical (unpaired) electrons. The second-order valence-electron chi connectivity index (χ2n) is 2.00. The predicted molar refractivity (Wildman–Crippen MR) is 39.4 cm³/mol. The van der Waals surface area contributed by atoms with Crippen molar-refractivity contribution in [3.05, 3.63) is 24.3 Å². The van der Waals surface area contributed by atoms with Crippen LogP contribution in [0.3, 0.4) is 0 Å². The first-order valence-corrected chi connectivity index (χ1v) is 3.13. The van der Waals surface area contributed by atoms with Crippen LogP contribution in [-0.4, -0.2) is 11.1 Å². The van der Waals surface area contributed by atoms with Gasteiger partial charge in [0.15, 0.2) is 6.07 Å². The molecule has 0 aromatic heterocycles. The molecule has 1 N–H and O–H groups in total. The van der Waals surface area contributed by atoms with Gasteiger partial charge >= 0.3 is 5.97 Å². The van der Waals surface area contributed by atoms with Gasteiger partial charge in [0.05, 0.1) is 0 Å². The van der Waals surface area contributed by atoms with Crippen LogP contribution in [0.4, 0.5) is 0 Å². The molecular formula is C8H5NO3. The monoisotopic (exact) mass is 163 g/mol. The van der Waals surface area contributed by atoms with E-state index in [1.807, 2.05) is 0 Å². The fourth-order valence-electron chi connectivity index (χ4n) is 0.644. The highest BCUT2D eigenvalue weighted by Gasteiger charge is 2.00. The molecule has 0 bridgehead atoms. The standard InChI is InChI=1S/C8H5NO3/c9-5-8(11)12-7-3-1-6(10)2-4-7/h1-4,10H. The Morgan fingerprint density at radius 3 is 2.50 bits per heavy atom. The topological polar surface area (TPSA) is 70.3 Å². The van der Waals surface area contributed by atoms with Gasteiger partial charge < -0.3 is 9.84 Å². The number of hydrogen-bond donors (Lipinski definition) is 1. The van der Waals surface area contributed by atoms with Crippen molar-refractivity contribution in [1.82, 2.24) is 0 Å². The van der Waals surface area contributed by atoms with Crippen molar-refractivity contribution in [2.24, 2.45) is 0 Å². The first kappa shape index (κ1) is 8.08. The Morgan fingerprint density at radius 2 is 2.00 bits per heavy atom. The summed E-state index contributed by atoms with van der Waals surface area (Å²) in [6.07, 6.45) is 0. The quantitative estimate of drug-likeness (QED) is 0.378. The minimum Gasteiger partial charge on any atom is -0.508 e. The van der Waals surface area contributed by atoms with Gasteiger partial charge in [-0.1, -0.05) is 0 Å². The predicted octanol–water partition coefficient (Wildman–Crippen LogP) is 0.821. The van der Waals surface area contributed by atoms with Crippen LogP contribution in [0.1, 0.15) is 0 Å². The van der Waals surface area contributed by atoms with Crippen molar-refractivity contribution in [2.45, 2.75) is 0 Å². The molecule has 1 aromatic rings. The van der Waals surface area contributed by atoms with Crippen LogP contribution in [0, 0.1) is 11.3 Å². The summed E-state index contributed by atoms with van der Waals surface area (Å²) >= 11 is 0. The first-order chi connectivity index (χ1) is 5.72. The third kappa shape index (κ3) is 1.99. The maximum atomic E-state index is 10.4. The molecule has 1 rings (SSSR count). The summed E-state index contributed by atoms with van der Waals surface area (Å²) in [6, 6.07) is 6.81. The van der Waals surface area contributed by atoms with E-state index in [0.717, 1.165) is 0 Å². The zero-order chi connectivity index (χ0) is 8.97. The van der Waals surface area contributed by atoms with Crippen molar-refractivity contribution in [3.8, 4) is 17.6 Å². The zero-order valence-electron chi connectivity index (χ0n) is 6.02. The van der Waals surface area contributed by atoms with Gasteiger partial charge in [-0.05, 0) is 24.3 Å². The molecule has 0 unspecified atom stereocenters. The molecule has 0 aliphatic carbocycles. The summed E-state index contributed by atoms with van der Waals surface area (Å²) in [5.41, 5.74) is 0. The number of ether oxygens (including phenoxy) is 1. The molecule has 0 aliphatic rings. The second kappa shape index (κ2) is 3.39. The lowest BCUT2D eigenvalue weighted by Gasteiger charge is -1.97. The zero-order valence-corrected chi connectivity index (χ0v) is 6.02. The van der Waals surface area contributed by atoms with Crippen molar-refractivity contribution < 1.29 is 14.6 Å². The third-order valence-corrected chi connectivity index (χ3v) is 1.14. The highest BCUT2D eigenvalue weighted by molar-refractivity contribution is 5.87. The van der Waals surface area contributed by atoms with Crippen molar-refractivity contribution >= 4 is 5.97 Å². The van der Waals surface area contributed by atoms with Crippen LogP contribution in [0.25, 0.3) is 0 Å². The molecule has 4 nitrogen and oxygen atoms in total. The molecule has 0 saturated heterocycles. The van der Waals surface area contributed by atoms with Crippen molar-refractivity contribution in [3.63, 3.8) is 0 Å². The van der Waals surface area contributed by atoms with Gasteiger partial charge in [0.25, 0.3) is 0 Å². The second-order valence-corrected chi connectivity index (χ2v) is 2.00. The van der Waals surface area contributed by atoms with E-state index in [1.54, 1.807) is 0 Å². The van der Waals surface area contributed by atoms with Crippen LogP contribution in [0.15, 0.2) is 24.3 Å². The van der Waals surface area contributed by atoms with Gasteiger partial charge in [-0.2, -0.15) is 5.26 Å². The van der Waals surface area contributed by atoms with Gasteiger partial charge in [-0.3, -0.25) is 0 Å². The molecule has 12 heavy (non-hydrogen) atoms. The largest absolute Gasteiger partial charge is 0.508 e. The normalized spacial score (nSPS) is 8.58. The number of phenolic OH excluding ortho intramolecular Hbond substituents is 1. The van der Waals surface area contributed by atoms with Crippen LogP contribution in [0.2, 0.25) is 0 Å². The molecule has 0 atom stereocenters. The van der Waals surface area contributed by atoms with Crippen molar-refractivity contribution in [2.75, 3.05) is 0 Å². The molecule has 0 fully saturated rings. The third-order valence-electron chi connectivity index (χ3n) is 1.14. The molecular weight excluding hydrogens is 158 g/mol. The van der Waals surface area contributed by atoms with Crippen LogP contribution in [-0.2, 0) is 4.79 Å². The van der Waals surface area contributed by atoms with E-state index < -0.39 is 5.97 Å². The van der Waals surface area contributed by atoms with E-state index in [2.05, 4.69) is 4.74 Å². The summed E-state index contributed by atoms with van der Waals surface area (Å²) < 4.78 is 4.51. The summed E-state index contributed by atoms with van der Waals surface area (Å²) in [4.78, 5) is 10.4. The number of nitrogens with zero attached hydrogens (tertiary/aromatic N) is 1. The molecule has 0 spiro atoms. The van der Waals surface area contributed by atoms with E-state index in [4.69, 9.17) is 10.4 Å². The number of carbonyl (C=O) groups is 1. The fourth-order valence-corrected chi connectivity index (χ4v) is 0.644. The minimum atomic E-state index is -0.972. The number of phenols is 1. The lowest BCUT2D eigenvalue weighted by molar-refractivity contribution is -0.128. The Balaban J connectivity index is 2.73. The van der Waals surface area contributed by atoms with E-state index in [9.17, 15) is 4.79 Å². The van der Waals surface area contributed by atoms with E-state index in [0.29, 0.717) is 0 Å². The Hall–Kier alpha value is -2.02. The van der Waals surface area contributed by atoms with Crippen LogP contribution >= 0.6 is 0 Å². The maximum absolute atomic E-state index is 10.4. The summed E-state index contributed by atoms with van der Waals surface area (Å²) in [5, 5.41) is 16.9. The number of hydrogen-bond acceptors (Lipinski definition) is 4. The van der Waals surface area contributed by atoms with Gasteiger partial charge in [-0.25, -0.2) is 4.79 Å². The van der Waals surface area contributed by atoms with Crippen LogP contribution in [0.5, 0.6) is 11.5 Å². The van der Waals surface area contributed by atoms with Gasteiger partial charge in [-0.15, -0.1) is 0 Å². The maximum Gasteiger partial charge on any atom is 0.416 e. The molecule has 4 heteroatoms. The number of benzene rings is 1. The lowest BCUT2D eigenvalue weighted by atomic mass is 10.3. The fraction of sp³-hybridized carbons (Fsp3) is 0. The Kier molecular flexibility index (Phi) is 2.29. The first-order valence-electron chi connectivity index (χ1n) is 3.13. The molecule has 0 saturated carbocycles. The molecule has 60 valence electrons. The number of carbonyl (C=O) groups excluding carboxylic acids is 1. The lowest BCUT2D eigenvalue weighted by Crippen LogP contribution is -2.03. The highest BCUT2D eigenvalue weighted by atomic mass is 16.5. The summed E-state index contributed by atoms with van der Waals surface area (Å²) in [5.74, 6) is -0.660. The average Bonchev–Trinajstić information content (AvgIpc) is 2.09. The summed E-state index contributed by atoms with van der Waals surface area (Å²) in [7, 11) is 0. The number of esters is 1. The van der Waals surface area contributed by atoms with Gasteiger partial charge in [0.1, 0.15) is 11.5 Å². The van der Waals surface area contributed by atoms with E-state index >= 15 is 0 Å². The van der Waals surface area contributed by atoms with E-state index in [-0.39, 0.29) is 11.5 Å². The highest BCUT2D eigenvalue weighted by Crippen LogP contribution is 2.15.